The first-order chi connectivity index (χ1) is 9.94. The van der Waals surface area contributed by atoms with Crippen LogP contribution in [0.5, 0.6) is 0 Å². The maximum absolute atomic E-state index is 12.1. The number of nitrogens with one attached hydrogen (secondary N) is 1. The summed E-state index contributed by atoms with van der Waals surface area (Å²) in [7, 11) is -2.69. The number of carbonyl (C=O) groups excluding carboxylic acids is 1. The van der Waals surface area contributed by atoms with Gasteiger partial charge in [0.1, 0.15) is 0 Å². The highest BCUT2D eigenvalue weighted by atomic mass is 32.2. The molecule has 21 heavy (non-hydrogen) atoms. The maximum atomic E-state index is 12.1. The van der Waals surface area contributed by atoms with Crippen LogP contribution in [0.4, 0.5) is 0 Å². The Morgan fingerprint density at radius 2 is 1.90 bits per heavy atom. The van der Waals surface area contributed by atoms with E-state index >= 15 is 0 Å². The Hall–Kier alpha value is -1.96. The molecule has 2 aromatic carbocycles. The fourth-order valence-electron chi connectivity index (χ4n) is 1.83. The lowest BCUT2D eigenvalue weighted by Crippen LogP contribution is -2.37. The summed E-state index contributed by atoms with van der Waals surface area (Å²) >= 11 is 0. The Morgan fingerprint density at radius 1 is 1.24 bits per heavy atom. The molecule has 7 heteroatoms. The van der Waals surface area contributed by atoms with Crippen molar-refractivity contribution in [2.45, 2.75) is 11.0 Å². The predicted molar refractivity (Wildman–Crippen MR) is 77.2 cm³/mol. The van der Waals surface area contributed by atoms with Crippen LogP contribution in [0.2, 0.25) is 0 Å². The number of benzene rings is 2. The molecule has 112 valence electrons. The highest BCUT2D eigenvalue weighted by molar-refractivity contribution is 7.89. The van der Waals surface area contributed by atoms with Gasteiger partial charge in [-0.15, -0.1) is 0 Å². The van der Waals surface area contributed by atoms with Gasteiger partial charge in [0.05, 0.1) is 12.0 Å². The summed E-state index contributed by atoms with van der Waals surface area (Å²) in [4.78, 5) is 11.1. The van der Waals surface area contributed by atoms with Crippen LogP contribution < -0.4 is 4.72 Å². The molecule has 0 unspecified atom stereocenters. The third-order valence-corrected chi connectivity index (χ3v) is 4.39. The van der Waals surface area contributed by atoms with E-state index < -0.39 is 28.6 Å². The number of aliphatic hydroxyl groups excluding tert-OH is 1. The van der Waals surface area contributed by atoms with Crippen molar-refractivity contribution in [2.75, 3.05) is 13.7 Å². The van der Waals surface area contributed by atoms with Gasteiger partial charge in [-0.2, -0.15) is 0 Å². The van der Waals surface area contributed by atoms with Crippen molar-refractivity contribution < 1.29 is 23.1 Å². The molecule has 6 nitrogen and oxygen atoms in total. The van der Waals surface area contributed by atoms with Crippen LogP contribution >= 0.6 is 0 Å². The molecule has 2 rings (SSSR count). The third-order valence-electron chi connectivity index (χ3n) is 2.97. The molecule has 0 aliphatic carbocycles. The zero-order valence-corrected chi connectivity index (χ0v) is 12.1. The van der Waals surface area contributed by atoms with Gasteiger partial charge >= 0.3 is 5.97 Å². The van der Waals surface area contributed by atoms with Gasteiger partial charge in [0.2, 0.25) is 10.0 Å². The average Bonchev–Trinajstić information content (AvgIpc) is 2.51. The van der Waals surface area contributed by atoms with E-state index in [1.165, 1.54) is 12.1 Å². The maximum Gasteiger partial charge on any atom is 0.336 e. The highest BCUT2D eigenvalue weighted by Crippen LogP contribution is 2.18. The molecule has 2 aromatic rings. The number of esters is 1. The summed E-state index contributed by atoms with van der Waals surface area (Å²) in [5.41, 5.74) is 0. The first-order valence-corrected chi connectivity index (χ1v) is 7.67. The largest absolute Gasteiger partial charge is 0.467 e. The molecule has 0 aromatic heterocycles. The minimum absolute atomic E-state index is 0.0678. The Kier molecular flexibility index (Phi) is 4.56. The number of aliphatic hydroxyl groups is 1. The quantitative estimate of drug-likeness (QED) is 0.791. The number of rotatable bonds is 5. The second-order valence-corrected chi connectivity index (χ2v) is 6.17. The third kappa shape index (κ3) is 3.57. The molecule has 0 fully saturated rings. The number of sulfonamides is 1. The lowest BCUT2D eigenvalue weighted by atomic mass is 10.1. The molecule has 0 aliphatic rings. The van der Waals surface area contributed by atoms with Crippen molar-refractivity contribution >= 4 is 26.8 Å². The van der Waals surface area contributed by atoms with E-state index in [0.29, 0.717) is 0 Å². The molecule has 2 N–H and O–H groups in total. The van der Waals surface area contributed by atoms with Crippen molar-refractivity contribution in [1.82, 2.24) is 4.72 Å². The van der Waals surface area contributed by atoms with Gasteiger partial charge in [0.15, 0.2) is 6.10 Å². The first kappa shape index (κ1) is 15.4. The van der Waals surface area contributed by atoms with Crippen molar-refractivity contribution in [1.29, 1.82) is 0 Å². The van der Waals surface area contributed by atoms with Crippen LogP contribution in [-0.2, 0) is 19.6 Å². The molecule has 0 amide bonds. The molecule has 1 atom stereocenters. The lowest BCUT2D eigenvalue weighted by molar-refractivity contribution is -0.149. The topological polar surface area (TPSA) is 92.7 Å². The van der Waals surface area contributed by atoms with Gasteiger partial charge in [-0.25, -0.2) is 17.9 Å². The molecule has 0 saturated heterocycles. The van der Waals surface area contributed by atoms with Crippen molar-refractivity contribution in [3.8, 4) is 0 Å². The second kappa shape index (κ2) is 6.21. The summed E-state index contributed by atoms with van der Waals surface area (Å²) in [6, 6.07) is 12.0. The van der Waals surface area contributed by atoms with Gasteiger partial charge in [-0.1, -0.05) is 30.3 Å². The van der Waals surface area contributed by atoms with Crippen LogP contribution in [0.1, 0.15) is 0 Å². The zero-order chi connectivity index (χ0) is 15.5. The van der Waals surface area contributed by atoms with Crippen molar-refractivity contribution in [3.63, 3.8) is 0 Å². The summed E-state index contributed by atoms with van der Waals surface area (Å²) in [6.07, 6.45) is -1.54. The standard InChI is InChI=1S/C14H15NO5S/c1-20-14(17)13(16)9-15-21(18,19)12-7-6-10-4-2-3-5-11(10)8-12/h2-8,13,15-16H,9H2,1H3/t13-/m0/s1. The predicted octanol–water partition coefficient (Wildman–Crippen LogP) is 0.652. The monoisotopic (exact) mass is 309 g/mol. The van der Waals surface area contributed by atoms with Gasteiger partial charge < -0.3 is 9.84 Å². The Bertz CT molecular complexity index is 757. The van der Waals surface area contributed by atoms with Gasteiger partial charge in [0, 0.05) is 6.54 Å². The van der Waals surface area contributed by atoms with Crippen molar-refractivity contribution in [2.24, 2.45) is 0 Å². The van der Waals surface area contributed by atoms with Crippen molar-refractivity contribution in [3.05, 3.63) is 42.5 Å². The SMILES string of the molecule is COC(=O)[C@@H](O)CNS(=O)(=O)c1ccc2ccccc2c1. The molecule has 0 radical (unpaired) electrons. The molecular formula is C14H15NO5S. The minimum atomic E-state index is -3.81. The molecular weight excluding hydrogens is 294 g/mol. The van der Waals surface area contributed by atoms with Gasteiger partial charge in [0.25, 0.3) is 0 Å². The number of hydrogen-bond acceptors (Lipinski definition) is 5. The number of hydrogen-bond donors (Lipinski definition) is 2. The zero-order valence-electron chi connectivity index (χ0n) is 11.3. The van der Waals surface area contributed by atoms with E-state index in [9.17, 15) is 18.3 Å². The fraction of sp³-hybridized carbons (Fsp3) is 0.214. The molecule has 0 aliphatic heterocycles. The molecule has 0 spiro atoms. The van der Waals surface area contributed by atoms with E-state index in [1.54, 1.807) is 12.1 Å². The average molecular weight is 309 g/mol. The second-order valence-electron chi connectivity index (χ2n) is 4.40. The van der Waals surface area contributed by atoms with Crippen LogP contribution in [0.25, 0.3) is 10.8 Å². The fourth-order valence-corrected chi connectivity index (χ4v) is 2.90. The van der Waals surface area contributed by atoms with Crippen LogP contribution in [-0.4, -0.2) is 39.3 Å². The summed E-state index contributed by atoms with van der Waals surface area (Å²) in [5.74, 6) is -0.892. The lowest BCUT2D eigenvalue weighted by Gasteiger charge is -2.11. The smallest absolute Gasteiger partial charge is 0.336 e. The molecule has 0 saturated carbocycles. The number of methoxy groups -OCH3 is 1. The number of fused-ring (bicyclic) bond motifs is 1. The van der Waals surface area contributed by atoms with E-state index in [-0.39, 0.29) is 4.90 Å². The minimum Gasteiger partial charge on any atom is -0.467 e. The van der Waals surface area contributed by atoms with Crippen LogP contribution in [0.15, 0.2) is 47.4 Å². The van der Waals surface area contributed by atoms with Crippen LogP contribution in [0.3, 0.4) is 0 Å². The molecule has 0 heterocycles. The number of ether oxygens (including phenoxy) is 1. The van der Waals surface area contributed by atoms with Gasteiger partial charge in [-0.3, -0.25) is 0 Å². The first-order valence-electron chi connectivity index (χ1n) is 6.18. The Labute approximate surface area is 122 Å². The van der Waals surface area contributed by atoms with E-state index in [0.717, 1.165) is 17.9 Å². The van der Waals surface area contributed by atoms with E-state index in [1.807, 2.05) is 18.2 Å². The summed E-state index contributed by atoms with van der Waals surface area (Å²) in [5, 5.41) is 11.1. The Balaban J connectivity index is 2.19. The van der Waals surface area contributed by atoms with Crippen LogP contribution in [0, 0.1) is 0 Å². The van der Waals surface area contributed by atoms with E-state index in [4.69, 9.17) is 0 Å². The van der Waals surface area contributed by atoms with E-state index in [2.05, 4.69) is 9.46 Å². The molecule has 0 bridgehead atoms. The van der Waals surface area contributed by atoms with Gasteiger partial charge in [-0.05, 0) is 22.9 Å². The number of carbonyl (C=O) groups is 1. The Morgan fingerprint density at radius 3 is 2.57 bits per heavy atom. The highest BCUT2D eigenvalue weighted by Gasteiger charge is 2.20. The summed E-state index contributed by atoms with van der Waals surface area (Å²) in [6.45, 7) is -0.443. The summed E-state index contributed by atoms with van der Waals surface area (Å²) < 4.78 is 30.7. The normalized spacial score (nSPS) is 13.0.